The number of fused-ring (bicyclic) bond motifs is 3. The highest BCUT2D eigenvalue weighted by atomic mass is 32.1. The number of hydrogen-bond donors (Lipinski definition) is 0. The minimum absolute atomic E-state index is 0.0207. The van der Waals surface area contributed by atoms with Gasteiger partial charge in [-0.1, -0.05) is 49.2 Å². The molecule has 4 heteroatoms. The maximum Gasteiger partial charge on any atom is 0.161 e. The van der Waals surface area contributed by atoms with Gasteiger partial charge in [0.1, 0.15) is 12.7 Å². The molecule has 2 aromatic carbocycles. The van der Waals surface area contributed by atoms with E-state index < -0.39 is 0 Å². The first-order chi connectivity index (χ1) is 14.3. The van der Waals surface area contributed by atoms with E-state index in [0.29, 0.717) is 18.6 Å². The highest BCUT2D eigenvalue weighted by Gasteiger charge is 2.38. The molecule has 3 nitrogen and oxygen atoms in total. The lowest BCUT2D eigenvalue weighted by Gasteiger charge is -2.39. The lowest BCUT2D eigenvalue weighted by molar-refractivity contribution is -0.0374. The van der Waals surface area contributed by atoms with Gasteiger partial charge in [-0.15, -0.1) is 11.3 Å². The van der Waals surface area contributed by atoms with Crippen molar-refractivity contribution in [2.24, 2.45) is 0 Å². The number of benzene rings is 2. The molecule has 2 heterocycles. The van der Waals surface area contributed by atoms with Crippen molar-refractivity contribution in [2.75, 3.05) is 7.11 Å². The maximum atomic E-state index is 6.64. The number of thiophene rings is 1. The number of hydrogen-bond acceptors (Lipinski definition) is 4. The lowest BCUT2D eigenvalue weighted by Crippen LogP contribution is -2.32. The second kappa shape index (κ2) is 8.21. The second-order valence-electron chi connectivity index (χ2n) is 7.87. The summed E-state index contributed by atoms with van der Waals surface area (Å²) in [5.41, 5.74) is 3.61. The Hall–Kier alpha value is -2.30. The standard InChI is InChI=1S/C25H26O3S/c1-26-23-15-18(11-12-22(23)27-16-17-7-3-2-4-8-17)24-20-13-14-29-25(20)19-9-5-6-10-21(19)28-24/h2-4,7-8,11-15,19,21,24H,5-6,9-10,16H2,1H3/t19-,21+,24-/m1/s1. The fourth-order valence-electron chi connectivity index (χ4n) is 4.62. The molecule has 1 saturated carbocycles. The van der Waals surface area contributed by atoms with Gasteiger partial charge in [-0.2, -0.15) is 0 Å². The van der Waals surface area contributed by atoms with Gasteiger partial charge < -0.3 is 14.2 Å². The van der Waals surface area contributed by atoms with Crippen LogP contribution < -0.4 is 9.47 Å². The van der Waals surface area contributed by atoms with Crippen LogP contribution in [0.5, 0.6) is 11.5 Å². The van der Waals surface area contributed by atoms with Crippen LogP contribution in [0.3, 0.4) is 0 Å². The van der Waals surface area contributed by atoms with E-state index in [1.54, 1.807) is 7.11 Å². The lowest BCUT2D eigenvalue weighted by atomic mass is 9.80. The monoisotopic (exact) mass is 406 g/mol. The Balaban J connectivity index is 1.41. The molecule has 5 rings (SSSR count). The van der Waals surface area contributed by atoms with Gasteiger partial charge in [-0.25, -0.2) is 0 Å². The van der Waals surface area contributed by atoms with E-state index in [2.05, 4.69) is 35.7 Å². The van der Waals surface area contributed by atoms with Crippen LogP contribution in [0.1, 0.15) is 59.3 Å². The molecule has 0 N–H and O–H groups in total. The Kier molecular flexibility index (Phi) is 5.30. The maximum absolute atomic E-state index is 6.64. The van der Waals surface area contributed by atoms with Gasteiger partial charge in [0.05, 0.1) is 13.2 Å². The van der Waals surface area contributed by atoms with Crippen LogP contribution >= 0.6 is 11.3 Å². The molecule has 1 aliphatic carbocycles. The summed E-state index contributed by atoms with van der Waals surface area (Å²) < 4.78 is 18.3. The van der Waals surface area contributed by atoms with Crippen molar-refractivity contribution in [3.05, 3.63) is 81.5 Å². The van der Waals surface area contributed by atoms with Crippen molar-refractivity contribution in [1.29, 1.82) is 0 Å². The van der Waals surface area contributed by atoms with Crippen molar-refractivity contribution in [1.82, 2.24) is 0 Å². The van der Waals surface area contributed by atoms with Crippen LogP contribution in [0.2, 0.25) is 0 Å². The Morgan fingerprint density at radius 2 is 1.86 bits per heavy atom. The summed E-state index contributed by atoms with van der Waals surface area (Å²) in [6, 6.07) is 18.6. The molecule has 0 bridgehead atoms. The third-order valence-electron chi connectivity index (χ3n) is 6.09. The molecule has 0 radical (unpaired) electrons. The zero-order chi connectivity index (χ0) is 19.6. The predicted molar refractivity (Wildman–Crippen MR) is 116 cm³/mol. The van der Waals surface area contributed by atoms with Crippen molar-refractivity contribution in [3.8, 4) is 11.5 Å². The number of rotatable bonds is 5. The first-order valence-electron chi connectivity index (χ1n) is 10.4. The zero-order valence-electron chi connectivity index (χ0n) is 16.7. The third-order valence-corrected chi connectivity index (χ3v) is 7.15. The minimum Gasteiger partial charge on any atom is -0.493 e. The third kappa shape index (κ3) is 3.67. The van der Waals surface area contributed by atoms with Gasteiger partial charge in [0, 0.05) is 10.8 Å². The Morgan fingerprint density at radius 3 is 2.72 bits per heavy atom. The normalized spacial score (nSPS) is 23.1. The predicted octanol–water partition coefficient (Wildman–Crippen LogP) is 6.48. The van der Waals surface area contributed by atoms with Gasteiger partial charge in [-0.05, 0) is 53.1 Å². The first-order valence-corrected chi connectivity index (χ1v) is 11.3. The van der Waals surface area contributed by atoms with Crippen molar-refractivity contribution < 1.29 is 14.2 Å². The van der Waals surface area contributed by atoms with Gasteiger partial charge in [0.2, 0.25) is 0 Å². The highest BCUT2D eigenvalue weighted by Crippen LogP contribution is 2.49. The molecule has 2 aliphatic rings. The molecule has 150 valence electrons. The summed E-state index contributed by atoms with van der Waals surface area (Å²) in [5, 5.41) is 2.21. The summed E-state index contributed by atoms with van der Waals surface area (Å²) in [4.78, 5) is 1.52. The molecular formula is C25H26O3S. The van der Waals surface area contributed by atoms with Crippen molar-refractivity contribution in [2.45, 2.75) is 50.4 Å². The summed E-state index contributed by atoms with van der Waals surface area (Å²) in [7, 11) is 1.70. The smallest absolute Gasteiger partial charge is 0.161 e. The Labute approximate surface area is 176 Å². The Bertz CT molecular complexity index is 965. The van der Waals surface area contributed by atoms with Crippen molar-refractivity contribution in [3.63, 3.8) is 0 Å². The molecule has 0 unspecified atom stereocenters. The molecule has 3 atom stereocenters. The average Bonchev–Trinajstić information content (AvgIpc) is 3.28. The molecule has 1 aromatic heterocycles. The molecule has 3 aromatic rings. The van der Waals surface area contributed by atoms with E-state index in [9.17, 15) is 0 Å². The molecule has 0 saturated heterocycles. The average molecular weight is 407 g/mol. The van der Waals surface area contributed by atoms with E-state index in [1.165, 1.54) is 29.7 Å². The van der Waals surface area contributed by atoms with E-state index in [-0.39, 0.29) is 6.10 Å². The van der Waals surface area contributed by atoms with E-state index >= 15 is 0 Å². The van der Waals surface area contributed by atoms with Gasteiger partial charge in [0.25, 0.3) is 0 Å². The molecule has 0 spiro atoms. The number of methoxy groups -OCH3 is 1. The largest absolute Gasteiger partial charge is 0.493 e. The van der Waals surface area contributed by atoms with Crippen LogP contribution in [-0.4, -0.2) is 13.2 Å². The van der Waals surface area contributed by atoms with Crippen LogP contribution in [0, 0.1) is 0 Å². The zero-order valence-corrected chi connectivity index (χ0v) is 17.5. The van der Waals surface area contributed by atoms with Gasteiger partial charge in [-0.3, -0.25) is 0 Å². The first kappa shape index (κ1) is 18.7. The van der Waals surface area contributed by atoms with Gasteiger partial charge >= 0.3 is 0 Å². The quantitative estimate of drug-likeness (QED) is 0.485. The van der Waals surface area contributed by atoms with Gasteiger partial charge in [0.15, 0.2) is 11.5 Å². The van der Waals surface area contributed by atoms with Crippen LogP contribution in [-0.2, 0) is 11.3 Å². The topological polar surface area (TPSA) is 27.7 Å². The molecule has 1 aliphatic heterocycles. The van der Waals surface area contributed by atoms with E-state index in [0.717, 1.165) is 29.0 Å². The highest BCUT2D eigenvalue weighted by molar-refractivity contribution is 7.10. The number of ether oxygens (including phenoxy) is 3. The Morgan fingerprint density at radius 1 is 1.00 bits per heavy atom. The fraction of sp³-hybridized carbons (Fsp3) is 0.360. The van der Waals surface area contributed by atoms with Crippen LogP contribution in [0.25, 0.3) is 0 Å². The molecular weight excluding hydrogens is 380 g/mol. The van der Waals surface area contributed by atoms with Crippen molar-refractivity contribution >= 4 is 11.3 Å². The summed E-state index contributed by atoms with van der Waals surface area (Å²) in [6.07, 6.45) is 5.31. The summed E-state index contributed by atoms with van der Waals surface area (Å²) >= 11 is 1.89. The summed E-state index contributed by atoms with van der Waals surface area (Å²) in [6.45, 7) is 0.523. The van der Waals surface area contributed by atoms with E-state index in [1.807, 2.05) is 35.6 Å². The summed E-state index contributed by atoms with van der Waals surface area (Å²) in [5.74, 6) is 2.09. The second-order valence-corrected chi connectivity index (χ2v) is 8.82. The van der Waals surface area contributed by atoms with Crippen LogP contribution in [0.4, 0.5) is 0 Å². The molecule has 1 fully saturated rings. The van der Waals surface area contributed by atoms with E-state index in [4.69, 9.17) is 14.2 Å². The molecule has 0 amide bonds. The minimum atomic E-state index is -0.0207. The molecule has 29 heavy (non-hydrogen) atoms. The van der Waals surface area contributed by atoms with Crippen LogP contribution in [0.15, 0.2) is 60.0 Å². The SMILES string of the molecule is COc1cc([C@H]2O[C@H]3CCCC[C@H]3c3sccc32)ccc1OCc1ccccc1. The fourth-order valence-corrected chi connectivity index (χ4v) is 5.73.